The highest BCUT2D eigenvalue weighted by atomic mass is 32.2. The second kappa shape index (κ2) is 5.21. The van der Waals surface area contributed by atoms with Crippen molar-refractivity contribution in [3.8, 4) is 0 Å². The smallest absolute Gasteiger partial charge is 0.214 e. The molecule has 2 N–H and O–H groups in total. The summed E-state index contributed by atoms with van der Waals surface area (Å²) >= 11 is 1.86. The molecular weight excluding hydrogens is 261 g/mol. The van der Waals surface area contributed by atoms with Crippen molar-refractivity contribution in [1.82, 2.24) is 0 Å². The Hall–Kier alpha value is -1.35. The highest BCUT2D eigenvalue weighted by Gasteiger charge is 2.30. The summed E-state index contributed by atoms with van der Waals surface area (Å²) in [5.74, 6) is 0.472. The molecule has 0 amide bonds. The third kappa shape index (κ3) is 2.05. The van der Waals surface area contributed by atoms with E-state index in [1.165, 1.54) is 26.3 Å². The first kappa shape index (κ1) is 13.6. The number of anilines is 1. The zero-order valence-electron chi connectivity index (χ0n) is 12.3. The van der Waals surface area contributed by atoms with Crippen LogP contribution in [0.2, 0.25) is 6.32 Å². The molecule has 0 saturated heterocycles. The molecule has 0 radical (unpaired) electrons. The number of fused-ring (bicyclic) bond motifs is 2. The van der Waals surface area contributed by atoms with Crippen LogP contribution in [0.15, 0.2) is 46.2 Å². The van der Waals surface area contributed by atoms with E-state index in [0.29, 0.717) is 12.6 Å². The first-order chi connectivity index (χ1) is 9.63. The minimum Gasteiger partial charge on any atom is -0.399 e. The monoisotopic (exact) mass is 281 g/mol. The van der Waals surface area contributed by atoms with Crippen molar-refractivity contribution in [2.75, 3.05) is 5.73 Å². The summed E-state index contributed by atoms with van der Waals surface area (Å²) in [6.07, 6.45) is 1.09. The van der Waals surface area contributed by atoms with Gasteiger partial charge in [-0.1, -0.05) is 68.6 Å². The van der Waals surface area contributed by atoms with Gasteiger partial charge in [0.05, 0.1) is 0 Å². The van der Waals surface area contributed by atoms with E-state index in [2.05, 4.69) is 57.2 Å². The fourth-order valence-electron chi connectivity index (χ4n) is 3.14. The van der Waals surface area contributed by atoms with Crippen LogP contribution in [0.1, 0.15) is 32.3 Å². The molecular formula is C17H20BNS. The molecule has 2 aromatic rings. The van der Waals surface area contributed by atoms with Crippen LogP contribution in [0.5, 0.6) is 0 Å². The Morgan fingerprint density at radius 3 is 2.55 bits per heavy atom. The molecule has 0 aliphatic carbocycles. The number of benzene rings is 2. The van der Waals surface area contributed by atoms with Gasteiger partial charge in [0, 0.05) is 15.5 Å². The van der Waals surface area contributed by atoms with Crippen LogP contribution in [0, 0.1) is 0 Å². The lowest BCUT2D eigenvalue weighted by molar-refractivity contribution is 0.869. The zero-order chi connectivity index (χ0) is 14.3. The lowest BCUT2D eigenvalue weighted by Crippen LogP contribution is -2.47. The van der Waals surface area contributed by atoms with E-state index in [9.17, 15) is 0 Å². The van der Waals surface area contributed by atoms with E-state index in [1.807, 2.05) is 11.8 Å². The lowest BCUT2D eigenvalue weighted by Gasteiger charge is -2.28. The van der Waals surface area contributed by atoms with E-state index < -0.39 is 0 Å². The van der Waals surface area contributed by atoms with Crippen molar-refractivity contribution >= 4 is 35.1 Å². The van der Waals surface area contributed by atoms with Gasteiger partial charge >= 0.3 is 0 Å². The summed E-state index contributed by atoms with van der Waals surface area (Å²) in [5, 5.41) is 0. The summed E-state index contributed by atoms with van der Waals surface area (Å²) in [4.78, 5) is 2.71. The maximum atomic E-state index is 6.51. The molecule has 0 saturated carbocycles. The minimum absolute atomic E-state index is 0.432. The van der Waals surface area contributed by atoms with Crippen LogP contribution >= 0.6 is 11.8 Å². The van der Waals surface area contributed by atoms with Crippen molar-refractivity contribution in [3.63, 3.8) is 0 Å². The maximum Gasteiger partial charge on any atom is 0.214 e. The lowest BCUT2D eigenvalue weighted by atomic mass is 9.38. The molecule has 0 bridgehead atoms. The summed E-state index contributed by atoms with van der Waals surface area (Å²) in [6, 6.07) is 13.2. The maximum absolute atomic E-state index is 6.51. The van der Waals surface area contributed by atoms with Crippen molar-refractivity contribution in [3.05, 3.63) is 42.0 Å². The predicted octanol–water partition coefficient (Wildman–Crippen LogP) is 3.49. The average molecular weight is 281 g/mol. The highest BCUT2D eigenvalue weighted by molar-refractivity contribution is 8.00. The Labute approximate surface area is 126 Å². The fraction of sp³-hybridized carbons (Fsp3) is 0.294. The molecule has 0 fully saturated rings. The summed E-state index contributed by atoms with van der Waals surface area (Å²) in [7, 11) is 0. The molecule has 1 heterocycles. The molecule has 1 aliphatic rings. The van der Waals surface area contributed by atoms with Gasteiger partial charge in [-0.15, -0.1) is 0 Å². The molecule has 1 nitrogen and oxygen atoms in total. The summed E-state index contributed by atoms with van der Waals surface area (Å²) < 4.78 is 0. The molecule has 102 valence electrons. The number of nitrogen functional groups attached to an aromatic ring is 1. The Balaban J connectivity index is 2.21. The van der Waals surface area contributed by atoms with Crippen LogP contribution in [-0.2, 0) is 0 Å². The average Bonchev–Trinajstić information content (AvgIpc) is 2.45. The zero-order valence-corrected chi connectivity index (χ0v) is 13.1. The van der Waals surface area contributed by atoms with Gasteiger partial charge in [-0.2, -0.15) is 0 Å². The molecule has 0 unspecified atom stereocenters. The largest absolute Gasteiger partial charge is 0.399 e. The van der Waals surface area contributed by atoms with Gasteiger partial charge in [0.15, 0.2) is 0 Å². The van der Waals surface area contributed by atoms with Crippen molar-refractivity contribution in [2.45, 2.75) is 42.8 Å². The Morgan fingerprint density at radius 1 is 1.10 bits per heavy atom. The van der Waals surface area contributed by atoms with E-state index in [0.717, 1.165) is 12.0 Å². The van der Waals surface area contributed by atoms with Gasteiger partial charge in [0.25, 0.3) is 0 Å². The van der Waals surface area contributed by atoms with E-state index >= 15 is 0 Å². The molecule has 20 heavy (non-hydrogen) atoms. The highest BCUT2D eigenvalue weighted by Crippen LogP contribution is 2.34. The van der Waals surface area contributed by atoms with Crippen molar-refractivity contribution in [1.29, 1.82) is 0 Å². The van der Waals surface area contributed by atoms with Gasteiger partial charge in [-0.25, -0.2) is 0 Å². The van der Waals surface area contributed by atoms with Gasteiger partial charge in [0.1, 0.15) is 0 Å². The fourth-order valence-corrected chi connectivity index (χ4v) is 4.35. The van der Waals surface area contributed by atoms with E-state index in [-0.39, 0.29) is 0 Å². The van der Waals surface area contributed by atoms with Crippen molar-refractivity contribution in [2.24, 2.45) is 0 Å². The molecule has 1 aliphatic heterocycles. The molecule has 0 spiro atoms. The third-order valence-electron chi connectivity index (χ3n) is 4.17. The van der Waals surface area contributed by atoms with Crippen molar-refractivity contribution < 1.29 is 0 Å². The molecule has 3 heteroatoms. The number of hydrogen-bond acceptors (Lipinski definition) is 2. The second-order valence-electron chi connectivity index (χ2n) is 5.74. The van der Waals surface area contributed by atoms with Crippen LogP contribution in [-0.4, -0.2) is 6.71 Å². The normalized spacial score (nSPS) is 13.3. The molecule has 0 aromatic heterocycles. The first-order valence-electron chi connectivity index (χ1n) is 7.32. The van der Waals surface area contributed by atoms with Gasteiger partial charge < -0.3 is 5.73 Å². The molecule has 0 atom stereocenters. The third-order valence-corrected chi connectivity index (χ3v) is 5.34. The Morgan fingerprint density at radius 2 is 1.85 bits per heavy atom. The van der Waals surface area contributed by atoms with Gasteiger partial charge in [0.2, 0.25) is 6.71 Å². The van der Waals surface area contributed by atoms with E-state index in [4.69, 9.17) is 5.73 Å². The SMILES string of the molecule is CCB1c2ccccc2Sc2ccc(C(C)C)c(N)c21. The van der Waals surface area contributed by atoms with Gasteiger partial charge in [-0.3, -0.25) is 0 Å². The number of hydrogen-bond donors (Lipinski definition) is 1. The Bertz CT molecular complexity index is 651. The summed E-state index contributed by atoms with van der Waals surface area (Å²) in [5.41, 5.74) is 11.6. The van der Waals surface area contributed by atoms with Crippen LogP contribution in [0.4, 0.5) is 5.69 Å². The number of rotatable bonds is 2. The molecule has 3 rings (SSSR count). The van der Waals surface area contributed by atoms with Gasteiger partial charge in [-0.05, 0) is 29.1 Å². The standard InChI is InChI=1S/C17H20BNS/c1-4-18-13-7-5-6-8-14(13)20-15-10-9-12(11(2)3)17(19)16(15)18/h5-11H,4,19H2,1-3H3. The summed E-state index contributed by atoms with van der Waals surface area (Å²) in [6.45, 7) is 7.11. The second-order valence-corrected chi connectivity index (χ2v) is 6.82. The minimum atomic E-state index is 0.432. The number of nitrogens with two attached hydrogens (primary N) is 1. The van der Waals surface area contributed by atoms with Crippen LogP contribution in [0.25, 0.3) is 0 Å². The topological polar surface area (TPSA) is 26.0 Å². The quantitative estimate of drug-likeness (QED) is 0.673. The van der Waals surface area contributed by atoms with E-state index in [1.54, 1.807) is 0 Å². The van der Waals surface area contributed by atoms with Crippen LogP contribution in [0.3, 0.4) is 0 Å². The molecule has 2 aromatic carbocycles. The van der Waals surface area contributed by atoms with Crippen LogP contribution < -0.4 is 16.7 Å². The Kier molecular flexibility index (Phi) is 3.55. The first-order valence-corrected chi connectivity index (χ1v) is 8.14. The predicted molar refractivity (Wildman–Crippen MR) is 91.0 cm³/mol.